The van der Waals surface area contributed by atoms with E-state index in [1.165, 1.54) is 24.4 Å². The average Bonchev–Trinajstić information content (AvgIpc) is 3.18. The van der Waals surface area contributed by atoms with Gasteiger partial charge in [0.1, 0.15) is 0 Å². The van der Waals surface area contributed by atoms with E-state index < -0.39 is 11.8 Å². The summed E-state index contributed by atoms with van der Waals surface area (Å²) in [7, 11) is 0. The molecule has 29 heavy (non-hydrogen) atoms. The molecule has 9 nitrogen and oxygen atoms in total. The van der Waals surface area contributed by atoms with Gasteiger partial charge in [-0.3, -0.25) is 9.59 Å². The number of hydrazone groups is 1. The predicted octanol–water partition coefficient (Wildman–Crippen LogP) is 2.05. The molecule has 0 aromatic heterocycles. The van der Waals surface area contributed by atoms with Gasteiger partial charge in [0.05, 0.1) is 24.4 Å². The highest BCUT2D eigenvalue weighted by atomic mass is 35.5. The fraction of sp³-hybridized carbons (Fsp3) is 0.211. The van der Waals surface area contributed by atoms with Crippen LogP contribution in [0.3, 0.4) is 0 Å². The van der Waals surface area contributed by atoms with Gasteiger partial charge in [0, 0.05) is 5.56 Å². The molecule has 1 heterocycles. The highest BCUT2D eigenvalue weighted by molar-refractivity contribution is 6.32. The van der Waals surface area contributed by atoms with Crippen LogP contribution in [0.25, 0.3) is 0 Å². The number of hydrogen-bond acceptors (Lipinski definition) is 7. The number of nitrogens with one attached hydrogen (secondary N) is 2. The highest BCUT2D eigenvalue weighted by Crippen LogP contribution is 2.35. The Morgan fingerprint density at radius 2 is 2.07 bits per heavy atom. The van der Waals surface area contributed by atoms with Crippen molar-refractivity contribution >= 4 is 29.6 Å². The normalized spacial score (nSPS) is 12.1. The summed E-state index contributed by atoms with van der Waals surface area (Å²) in [5.41, 5.74) is 3.15. The fourth-order valence-electron chi connectivity index (χ4n) is 2.45. The molecule has 3 rings (SSSR count). The van der Waals surface area contributed by atoms with Crippen molar-refractivity contribution in [1.29, 1.82) is 0 Å². The van der Waals surface area contributed by atoms with Crippen LogP contribution in [0.1, 0.15) is 22.8 Å². The van der Waals surface area contributed by atoms with Crippen molar-refractivity contribution in [1.82, 2.24) is 10.7 Å². The van der Waals surface area contributed by atoms with Crippen molar-refractivity contribution in [2.24, 2.45) is 5.10 Å². The molecule has 0 fully saturated rings. The molecule has 1 aliphatic rings. The molecule has 2 aromatic carbocycles. The van der Waals surface area contributed by atoms with Gasteiger partial charge in [-0.1, -0.05) is 11.6 Å². The van der Waals surface area contributed by atoms with Crippen LogP contribution in [-0.2, 0) is 4.79 Å². The first-order chi connectivity index (χ1) is 14.0. The van der Waals surface area contributed by atoms with Gasteiger partial charge >= 0.3 is 0 Å². The number of aromatic hydroxyl groups is 1. The van der Waals surface area contributed by atoms with Gasteiger partial charge in [-0.05, 0) is 42.8 Å². The number of amides is 2. The number of rotatable bonds is 7. The van der Waals surface area contributed by atoms with Gasteiger partial charge in [-0.25, -0.2) is 5.43 Å². The Labute approximate surface area is 171 Å². The van der Waals surface area contributed by atoms with Crippen LogP contribution in [0.4, 0.5) is 0 Å². The molecule has 0 bridgehead atoms. The van der Waals surface area contributed by atoms with Crippen LogP contribution in [0, 0.1) is 0 Å². The zero-order valence-electron chi connectivity index (χ0n) is 15.4. The van der Waals surface area contributed by atoms with E-state index in [9.17, 15) is 14.7 Å². The number of phenolic OH excluding ortho intramolecular Hbond substituents is 1. The van der Waals surface area contributed by atoms with Crippen LogP contribution in [0.15, 0.2) is 35.4 Å². The van der Waals surface area contributed by atoms with E-state index in [1.54, 1.807) is 19.1 Å². The van der Waals surface area contributed by atoms with Gasteiger partial charge < -0.3 is 24.6 Å². The number of carbonyl (C=O) groups is 2. The van der Waals surface area contributed by atoms with E-state index in [0.29, 0.717) is 29.2 Å². The number of fused-ring (bicyclic) bond motifs is 1. The lowest BCUT2D eigenvalue weighted by Crippen LogP contribution is -2.34. The first kappa shape index (κ1) is 20.3. The minimum absolute atomic E-state index is 0.0970. The first-order valence-electron chi connectivity index (χ1n) is 8.63. The summed E-state index contributed by atoms with van der Waals surface area (Å²) >= 11 is 5.93. The summed E-state index contributed by atoms with van der Waals surface area (Å²) < 4.78 is 15.7. The van der Waals surface area contributed by atoms with Gasteiger partial charge in [0.25, 0.3) is 11.8 Å². The molecule has 0 aliphatic carbocycles. The van der Waals surface area contributed by atoms with Crippen molar-refractivity contribution in [3.63, 3.8) is 0 Å². The SMILES string of the molecule is CCOc1cc(/C=N/NC(=O)CNC(=O)c2ccc3c(c2)OCO3)cc(Cl)c1O. The van der Waals surface area contributed by atoms with Crippen molar-refractivity contribution in [2.45, 2.75) is 6.92 Å². The quantitative estimate of drug-likeness (QED) is 0.467. The Kier molecular flexibility index (Phi) is 6.40. The number of halogens is 1. The average molecular weight is 420 g/mol. The lowest BCUT2D eigenvalue weighted by molar-refractivity contribution is -0.120. The molecule has 0 spiro atoms. The summed E-state index contributed by atoms with van der Waals surface area (Å²) in [6.07, 6.45) is 1.34. The molecular weight excluding hydrogens is 402 g/mol. The monoisotopic (exact) mass is 419 g/mol. The first-order valence-corrected chi connectivity index (χ1v) is 9.00. The van der Waals surface area contributed by atoms with Crippen LogP contribution in [0.2, 0.25) is 5.02 Å². The summed E-state index contributed by atoms with van der Waals surface area (Å²) in [4.78, 5) is 24.0. The Morgan fingerprint density at radius 3 is 2.86 bits per heavy atom. The molecule has 2 amide bonds. The molecule has 3 N–H and O–H groups in total. The minimum Gasteiger partial charge on any atom is -0.503 e. The Balaban J connectivity index is 1.51. The second-order valence-corrected chi connectivity index (χ2v) is 6.23. The molecule has 0 atom stereocenters. The topological polar surface area (TPSA) is 118 Å². The highest BCUT2D eigenvalue weighted by Gasteiger charge is 2.16. The van der Waals surface area contributed by atoms with Crippen molar-refractivity contribution in [2.75, 3.05) is 19.9 Å². The smallest absolute Gasteiger partial charge is 0.259 e. The maximum atomic E-state index is 12.1. The number of phenols is 1. The van der Waals surface area contributed by atoms with E-state index >= 15 is 0 Å². The number of hydrogen-bond donors (Lipinski definition) is 3. The molecule has 152 valence electrons. The maximum Gasteiger partial charge on any atom is 0.259 e. The lowest BCUT2D eigenvalue weighted by Gasteiger charge is -2.08. The largest absolute Gasteiger partial charge is 0.503 e. The van der Waals surface area contributed by atoms with E-state index in [-0.39, 0.29) is 29.9 Å². The number of benzene rings is 2. The zero-order valence-corrected chi connectivity index (χ0v) is 16.2. The Bertz CT molecular complexity index is 963. The Morgan fingerprint density at radius 1 is 1.28 bits per heavy atom. The van der Waals surface area contributed by atoms with E-state index in [0.717, 1.165) is 0 Å². The zero-order chi connectivity index (χ0) is 20.8. The summed E-state index contributed by atoms with van der Waals surface area (Å²) in [6, 6.07) is 7.74. The number of nitrogens with zero attached hydrogens (tertiary/aromatic N) is 1. The fourth-order valence-corrected chi connectivity index (χ4v) is 2.67. The summed E-state index contributed by atoms with van der Waals surface area (Å²) in [5, 5.41) is 16.2. The van der Waals surface area contributed by atoms with Crippen molar-refractivity contribution in [3.05, 3.63) is 46.5 Å². The molecule has 2 aromatic rings. The second kappa shape index (κ2) is 9.16. The van der Waals surface area contributed by atoms with Gasteiger partial charge in [0.2, 0.25) is 6.79 Å². The van der Waals surface area contributed by atoms with E-state index in [4.69, 9.17) is 25.8 Å². The van der Waals surface area contributed by atoms with Crippen LogP contribution < -0.4 is 25.0 Å². The second-order valence-electron chi connectivity index (χ2n) is 5.83. The predicted molar refractivity (Wildman–Crippen MR) is 105 cm³/mol. The summed E-state index contributed by atoms with van der Waals surface area (Å²) in [5.74, 6) is 0.130. The van der Waals surface area contributed by atoms with Crippen LogP contribution in [-0.4, -0.2) is 43.1 Å². The van der Waals surface area contributed by atoms with E-state index in [2.05, 4.69) is 15.8 Å². The molecule has 0 unspecified atom stereocenters. The molecule has 0 saturated heterocycles. The molecule has 1 aliphatic heterocycles. The maximum absolute atomic E-state index is 12.1. The van der Waals surface area contributed by atoms with Crippen LogP contribution >= 0.6 is 11.6 Å². The van der Waals surface area contributed by atoms with Gasteiger partial charge in [0.15, 0.2) is 23.0 Å². The molecular formula is C19H18ClN3O6. The third kappa shape index (κ3) is 5.08. The van der Waals surface area contributed by atoms with Crippen molar-refractivity contribution in [3.8, 4) is 23.0 Å². The van der Waals surface area contributed by atoms with E-state index in [1.807, 2.05) is 0 Å². The molecule has 0 radical (unpaired) electrons. The molecule has 10 heteroatoms. The van der Waals surface area contributed by atoms with Crippen molar-refractivity contribution < 1.29 is 28.9 Å². The third-order valence-corrected chi connectivity index (χ3v) is 4.09. The standard InChI is InChI=1S/C19H18ClN3O6/c1-2-27-16-6-11(5-13(20)18(16)25)8-22-23-17(24)9-21-19(26)12-3-4-14-15(7-12)29-10-28-14/h3-8,25H,2,9-10H2,1H3,(H,21,26)(H,23,24)/b22-8+. The molecule has 0 saturated carbocycles. The number of ether oxygens (including phenoxy) is 3. The van der Waals surface area contributed by atoms with Gasteiger partial charge in [-0.2, -0.15) is 5.10 Å². The Hall–Kier alpha value is -3.46. The van der Waals surface area contributed by atoms with Crippen LogP contribution in [0.5, 0.6) is 23.0 Å². The van der Waals surface area contributed by atoms with Gasteiger partial charge in [-0.15, -0.1) is 0 Å². The number of carbonyl (C=O) groups excluding carboxylic acids is 2. The lowest BCUT2D eigenvalue weighted by atomic mass is 10.2. The third-order valence-electron chi connectivity index (χ3n) is 3.80. The minimum atomic E-state index is -0.523. The summed E-state index contributed by atoms with van der Waals surface area (Å²) in [6.45, 7) is 1.96.